The van der Waals surface area contributed by atoms with Gasteiger partial charge in [-0.2, -0.15) is 0 Å². The summed E-state index contributed by atoms with van der Waals surface area (Å²) in [5.41, 5.74) is 5.26. The van der Waals surface area contributed by atoms with Crippen LogP contribution in [0, 0.1) is 0 Å². The molecule has 0 aliphatic heterocycles. The van der Waals surface area contributed by atoms with Crippen molar-refractivity contribution in [1.29, 1.82) is 0 Å². The summed E-state index contributed by atoms with van der Waals surface area (Å²) in [5, 5.41) is 2.77. The van der Waals surface area contributed by atoms with E-state index in [-0.39, 0.29) is 5.91 Å². The van der Waals surface area contributed by atoms with Crippen molar-refractivity contribution in [2.24, 2.45) is 5.73 Å². The third kappa shape index (κ3) is 6.28. The molecule has 0 atom stereocenters. The van der Waals surface area contributed by atoms with Gasteiger partial charge in [-0.1, -0.05) is 22.6 Å². The third-order valence-corrected chi connectivity index (χ3v) is 1.77. The van der Waals surface area contributed by atoms with Crippen LogP contribution in [-0.2, 0) is 4.79 Å². The molecule has 0 unspecified atom stereocenters. The fourth-order valence-corrected chi connectivity index (χ4v) is 0.814. The molecule has 3 N–H and O–H groups in total. The van der Waals surface area contributed by atoms with Gasteiger partial charge in [0.1, 0.15) is 0 Å². The minimum atomic E-state index is 0.109. The van der Waals surface area contributed by atoms with Crippen LogP contribution in [0.1, 0.15) is 12.8 Å². The van der Waals surface area contributed by atoms with Crippen LogP contribution in [0.3, 0.4) is 0 Å². The van der Waals surface area contributed by atoms with Crippen LogP contribution in [0.25, 0.3) is 0 Å². The Morgan fingerprint density at radius 2 is 2.20 bits per heavy atom. The van der Waals surface area contributed by atoms with E-state index < -0.39 is 0 Å². The SMILES string of the molecule is NCCCCNC(=O)CI. The van der Waals surface area contributed by atoms with Crippen LogP contribution >= 0.6 is 22.6 Å². The Morgan fingerprint density at radius 3 is 2.70 bits per heavy atom. The lowest BCUT2D eigenvalue weighted by molar-refractivity contribution is -0.118. The number of hydrogen-bond donors (Lipinski definition) is 2. The van der Waals surface area contributed by atoms with E-state index in [1.165, 1.54) is 0 Å². The number of hydrogen-bond acceptors (Lipinski definition) is 2. The zero-order valence-corrected chi connectivity index (χ0v) is 8.06. The smallest absolute Gasteiger partial charge is 0.229 e. The van der Waals surface area contributed by atoms with Crippen molar-refractivity contribution in [3.63, 3.8) is 0 Å². The zero-order valence-electron chi connectivity index (χ0n) is 5.90. The molecule has 0 saturated heterocycles. The fourth-order valence-electron chi connectivity index (χ4n) is 0.544. The summed E-state index contributed by atoms with van der Waals surface area (Å²) < 4.78 is 0.542. The highest BCUT2D eigenvalue weighted by atomic mass is 127. The fraction of sp³-hybridized carbons (Fsp3) is 0.833. The molecule has 0 rings (SSSR count). The lowest BCUT2D eigenvalue weighted by atomic mass is 10.3. The first-order chi connectivity index (χ1) is 4.81. The number of carbonyl (C=O) groups is 1. The van der Waals surface area contributed by atoms with E-state index in [9.17, 15) is 4.79 Å². The summed E-state index contributed by atoms with van der Waals surface area (Å²) >= 11 is 2.04. The van der Waals surface area contributed by atoms with Gasteiger partial charge in [0.15, 0.2) is 0 Å². The molecule has 60 valence electrons. The lowest BCUT2D eigenvalue weighted by Gasteiger charge is -2.00. The van der Waals surface area contributed by atoms with E-state index in [2.05, 4.69) is 5.32 Å². The molecule has 0 heterocycles. The normalized spacial score (nSPS) is 9.40. The van der Waals surface area contributed by atoms with Crippen molar-refractivity contribution < 1.29 is 4.79 Å². The van der Waals surface area contributed by atoms with Crippen LogP contribution in [-0.4, -0.2) is 23.4 Å². The van der Waals surface area contributed by atoms with Gasteiger partial charge in [-0.3, -0.25) is 4.79 Å². The molecule has 0 aliphatic carbocycles. The summed E-state index contributed by atoms with van der Waals surface area (Å²) in [6, 6.07) is 0. The second-order valence-corrected chi connectivity index (χ2v) is 2.74. The van der Waals surface area contributed by atoms with Crippen molar-refractivity contribution in [3.8, 4) is 0 Å². The van der Waals surface area contributed by atoms with Crippen molar-refractivity contribution in [1.82, 2.24) is 5.32 Å². The predicted molar refractivity (Wildman–Crippen MR) is 50.2 cm³/mol. The maximum absolute atomic E-state index is 10.6. The molecule has 10 heavy (non-hydrogen) atoms. The van der Waals surface area contributed by atoms with E-state index in [1.807, 2.05) is 22.6 Å². The molecule has 0 fully saturated rings. The number of carbonyl (C=O) groups excluding carboxylic acids is 1. The number of nitrogens with one attached hydrogen (secondary N) is 1. The van der Waals surface area contributed by atoms with E-state index in [0.717, 1.165) is 19.4 Å². The first-order valence-corrected chi connectivity index (χ1v) is 4.86. The topological polar surface area (TPSA) is 55.1 Å². The highest BCUT2D eigenvalue weighted by Crippen LogP contribution is 1.84. The first kappa shape index (κ1) is 10.2. The molecule has 1 amide bonds. The van der Waals surface area contributed by atoms with E-state index in [4.69, 9.17) is 5.73 Å². The van der Waals surface area contributed by atoms with Crippen molar-refractivity contribution in [2.75, 3.05) is 17.5 Å². The number of halogens is 1. The summed E-state index contributed by atoms with van der Waals surface area (Å²) in [5.74, 6) is 0.109. The Hall–Kier alpha value is 0.160. The number of alkyl halides is 1. The molecule has 0 aliphatic rings. The molecule has 0 spiro atoms. The van der Waals surface area contributed by atoms with Gasteiger partial charge in [0.05, 0.1) is 4.43 Å². The average Bonchev–Trinajstić information content (AvgIpc) is 1.98. The summed E-state index contributed by atoms with van der Waals surface area (Å²) in [6.45, 7) is 1.47. The highest BCUT2D eigenvalue weighted by molar-refractivity contribution is 14.1. The van der Waals surface area contributed by atoms with Crippen LogP contribution in [0.4, 0.5) is 0 Å². The molecule has 0 aromatic rings. The second kappa shape index (κ2) is 7.27. The summed E-state index contributed by atoms with van der Waals surface area (Å²) in [4.78, 5) is 10.6. The molecule has 0 bridgehead atoms. The number of nitrogens with two attached hydrogens (primary N) is 1. The van der Waals surface area contributed by atoms with Crippen LogP contribution in [0.15, 0.2) is 0 Å². The minimum Gasteiger partial charge on any atom is -0.355 e. The summed E-state index contributed by atoms with van der Waals surface area (Å²) in [7, 11) is 0. The van der Waals surface area contributed by atoms with Gasteiger partial charge in [0.2, 0.25) is 5.91 Å². The Kier molecular flexibility index (Phi) is 7.39. The molecule has 4 heteroatoms. The van der Waals surface area contributed by atoms with Crippen molar-refractivity contribution >= 4 is 28.5 Å². The predicted octanol–water partition coefficient (Wildman–Crippen LogP) is 0.277. The maximum Gasteiger partial charge on any atom is 0.229 e. The van der Waals surface area contributed by atoms with E-state index in [0.29, 0.717) is 11.0 Å². The molecule has 3 nitrogen and oxygen atoms in total. The largest absolute Gasteiger partial charge is 0.355 e. The Morgan fingerprint density at radius 1 is 1.50 bits per heavy atom. The molecular weight excluding hydrogens is 243 g/mol. The quantitative estimate of drug-likeness (QED) is 0.421. The Bertz CT molecular complexity index is 97.7. The van der Waals surface area contributed by atoms with Gasteiger partial charge in [0.25, 0.3) is 0 Å². The molecule has 0 radical (unpaired) electrons. The van der Waals surface area contributed by atoms with E-state index in [1.54, 1.807) is 0 Å². The lowest BCUT2D eigenvalue weighted by Crippen LogP contribution is -2.25. The first-order valence-electron chi connectivity index (χ1n) is 3.34. The molecule has 0 saturated carbocycles. The minimum absolute atomic E-state index is 0.109. The monoisotopic (exact) mass is 256 g/mol. The van der Waals surface area contributed by atoms with Gasteiger partial charge in [-0.05, 0) is 19.4 Å². The molecular formula is C6H13IN2O. The third-order valence-electron chi connectivity index (χ3n) is 1.07. The van der Waals surface area contributed by atoms with Crippen LogP contribution in [0.5, 0.6) is 0 Å². The second-order valence-electron chi connectivity index (χ2n) is 1.98. The van der Waals surface area contributed by atoms with Gasteiger partial charge in [-0.15, -0.1) is 0 Å². The summed E-state index contributed by atoms with van der Waals surface area (Å²) in [6.07, 6.45) is 1.97. The van der Waals surface area contributed by atoms with Crippen molar-refractivity contribution in [3.05, 3.63) is 0 Å². The Balaban J connectivity index is 2.96. The zero-order chi connectivity index (χ0) is 7.82. The standard InChI is InChI=1S/C6H13IN2O/c7-5-6(10)9-4-2-1-3-8/h1-5,8H2,(H,9,10). The Labute approximate surface area is 74.9 Å². The molecule has 0 aromatic heterocycles. The van der Waals surface area contributed by atoms with Gasteiger partial charge >= 0.3 is 0 Å². The number of amides is 1. The van der Waals surface area contributed by atoms with Gasteiger partial charge < -0.3 is 11.1 Å². The molecule has 0 aromatic carbocycles. The van der Waals surface area contributed by atoms with Crippen LogP contribution < -0.4 is 11.1 Å². The average molecular weight is 256 g/mol. The van der Waals surface area contributed by atoms with Crippen LogP contribution in [0.2, 0.25) is 0 Å². The number of unbranched alkanes of at least 4 members (excludes halogenated alkanes) is 1. The van der Waals surface area contributed by atoms with Gasteiger partial charge in [0, 0.05) is 6.54 Å². The maximum atomic E-state index is 10.6. The van der Waals surface area contributed by atoms with E-state index >= 15 is 0 Å². The van der Waals surface area contributed by atoms with Gasteiger partial charge in [-0.25, -0.2) is 0 Å². The highest BCUT2D eigenvalue weighted by Gasteiger charge is 1.94. The number of rotatable bonds is 5. The van der Waals surface area contributed by atoms with Crippen molar-refractivity contribution in [2.45, 2.75) is 12.8 Å².